The molecule has 1 aromatic carbocycles. The van der Waals surface area contributed by atoms with Gasteiger partial charge in [-0.05, 0) is 32.0 Å². The lowest BCUT2D eigenvalue weighted by Crippen LogP contribution is -2.32. The average molecular weight is 362 g/mol. The number of rotatable bonds is 3. The van der Waals surface area contributed by atoms with Gasteiger partial charge in [0.25, 0.3) is 11.8 Å². The second kappa shape index (κ2) is 6.17. The molecule has 27 heavy (non-hydrogen) atoms. The summed E-state index contributed by atoms with van der Waals surface area (Å²) in [7, 11) is 0. The molecule has 0 spiro atoms. The van der Waals surface area contributed by atoms with Crippen molar-refractivity contribution >= 4 is 17.8 Å². The molecule has 0 saturated heterocycles. The molecule has 3 heterocycles. The normalized spacial score (nSPS) is 13.0. The van der Waals surface area contributed by atoms with E-state index in [9.17, 15) is 14.4 Å². The van der Waals surface area contributed by atoms with Crippen LogP contribution in [0.3, 0.4) is 0 Å². The smallest absolute Gasteiger partial charge is 0.324 e. The van der Waals surface area contributed by atoms with Gasteiger partial charge in [-0.3, -0.25) is 14.6 Å². The van der Waals surface area contributed by atoms with Crippen molar-refractivity contribution in [3.05, 3.63) is 77.0 Å². The number of carbonyl (C=O) groups is 3. The number of amides is 2. The van der Waals surface area contributed by atoms with Gasteiger partial charge in [-0.1, -0.05) is 17.2 Å². The maximum atomic E-state index is 12.6. The topological polar surface area (TPSA) is 94.4 Å². The lowest BCUT2D eigenvalue weighted by atomic mass is 10.1. The van der Waals surface area contributed by atoms with Crippen LogP contribution in [0.4, 0.5) is 0 Å². The summed E-state index contributed by atoms with van der Waals surface area (Å²) >= 11 is 0. The highest BCUT2D eigenvalue weighted by Gasteiger charge is 2.39. The first-order valence-electron chi connectivity index (χ1n) is 8.14. The van der Waals surface area contributed by atoms with E-state index in [4.69, 9.17) is 4.84 Å². The summed E-state index contributed by atoms with van der Waals surface area (Å²) in [4.78, 5) is 50.7. The summed E-state index contributed by atoms with van der Waals surface area (Å²) in [6.45, 7) is 3.53. The van der Waals surface area contributed by atoms with Crippen molar-refractivity contribution in [1.82, 2.24) is 19.6 Å². The van der Waals surface area contributed by atoms with Crippen LogP contribution in [-0.4, -0.2) is 37.4 Å². The van der Waals surface area contributed by atoms with Crippen molar-refractivity contribution in [2.75, 3.05) is 0 Å². The van der Waals surface area contributed by atoms with Gasteiger partial charge in [-0.25, -0.2) is 9.78 Å². The molecule has 2 aromatic heterocycles. The number of carbonyl (C=O) groups excluding carboxylic acids is 3. The second-order valence-corrected chi connectivity index (χ2v) is 6.01. The molecular formula is C19H14N4O4. The van der Waals surface area contributed by atoms with E-state index in [-0.39, 0.29) is 16.7 Å². The van der Waals surface area contributed by atoms with Crippen LogP contribution in [0.15, 0.2) is 48.9 Å². The van der Waals surface area contributed by atoms with E-state index in [0.29, 0.717) is 16.6 Å². The summed E-state index contributed by atoms with van der Waals surface area (Å²) in [6, 6.07) is 7.94. The van der Waals surface area contributed by atoms with E-state index in [2.05, 4.69) is 9.97 Å². The number of hydrogen-bond acceptors (Lipinski definition) is 6. The quantitative estimate of drug-likeness (QED) is 0.663. The Hall–Kier alpha value is -3.81. The van der Waals surface area contributed by atoms with Crippen LogP contribution in [0.5, 0.6) is 0 Å². The van der Waals surface area contributed by atoms with Crippen molar-refractivity contribution in [2.24, 2.45) is 0 Å². The number of benzene rings is 1. The third-order valence-corrected chi connectivity index (χ3v) is 4.36. The molecule has 2 amide bonds. The maximum absolute atomic E-state index is 12.6. The summed E-state index contributed by atoms with van der Waals surface area (Å²) in [6.07, 6.45) is 4.67. The van der Waals surface area contributed by atoms with E-state index in [1.54, 1.807) is 55.2 Å². The van der Waals surface area contributed by atoms with Crippen molar-refractivity contribution in [3.63, 3.8) is 0 Å². The first-order valence-corrected chi connectivity index (χ1v) is 8.14. The van der Waals surface area contributed by atoms with Crippen LogP contribution in [-0.2, 0) is 4.84 Å². The molecule has 1 aliphatic heterocycles. The molecular weight excluding hydrogens is 348 g/mol. The predicted molar refractivity (Wildman–Crippen MR) is 93.2 cm³/mol. The number of imide groups is 1. The number of aryl methyl sites for hydroxylation is 1. The molecule has 8 nitrogen and oxygen atoms in total. The molecule has 8 heteroatoms. The van der Waals surface area contributed by atoms with E-state index in [1.807, 2.05) is 0 Å². The minimum Gasteiger partial charge on any atom is -0.324 e. The zero-order valence-corrected chi connectivity index (χ0v) is 14.5. The molecule has 134 valence electrons. The number of fused-ring (bicyclic) bond motifs is 1. The molecule has 0 unspecified atom stereocenters. The number of hydroxylamine groups is 2. The van der Waals surface area contributed by atoms with Gasteiger partial charge in [0.05, 0.1) is 22.9 Å². The lowest BCUT2D eigenvalue weighted by Gasteiger charge is -2.13. The van der Waals surface area contributed by atoms with Crippen LogP contribution < -0.4 is 0 Å². The highest BCUT2D eigenvalue weighted by atomic mass is 16.7. The molecule has 0 atom stereocenters. The van der Waals surface area contributed by atoms with Crippen molar-refractivity contribution < 1.29 is 19.2 Å². The predicted octanol–water partition coefficient (Wildman–Crippen LogP) is 2.25. The highest BCUT2D eigenvalue weighted by molar-refractivity contribution is 6.21. The van der Waals surface area contributed by atoms with Crippen LogP contribution >= 0.6 is 0 Å². The maximum Gasteiger partial charge on any atom is 0.365 e. The fraction of sp³-hybridized carbons (Fsp3) is 0.105. The molecule has 0 bridgehead atoms. The molecule has 4 rings (SSSR count). The van der Waals surface area contributed by atoms with E-state index < -0.39 is 17.8 Å². The fourth-order valence-corrected chi connectivity index (χ4v) is 3.11. The van der Waals surface area contributed by atoms with Crippen LogP contribution in [0.1, 0.15) is 42.5 Å². The van der Waals surface area contributed by atoms with Gasteiger partial charge in [-0.15, -0.1) is 0 Å². The van der Waals surface area contributed by atoms with Gasteiger partial charge in [0.15, 0.2) is 5.82 Å². The highest BCUT2D eigenvalue weighted by Crippen LogP contribution is 2.25. The van der Waals surface area contributed by atoms with E-state index in [1.165, 1.54) is 12.1 Å². The first-order chi connectivity index (χ1) is 13.0. The number of aromatic nitrogens is 3. The third kappa shape index (κ3) is 2.58. The minimum absolute atomic E-state index is 0.209. The van der Waals surface area contributed by atoms with Gasteiger partial charge in [0.2, 0.25) is 0 Å². The molecule has 0 radical (unpaired) electrons. The molecule has 1 aliphatic rings. The van der Waals surface area contributed by atoms with Crippen LogP contribution in [0.2, 0.25) is 0 Å². The van der Waals surface area contributed by atoms with E-state index in [0.717, 1.165) is 5.69 Å². The van der Waals surface area contributed by atoms with Gasteiger partial charge in [0, 0.05) is 23.8 Å². The van der Waals surface area contributed by atoms with Gasteiger partial charge < -0.3 is 9.40 Å². The first kappa shape index (κ1) is 16.6. The zero-order chi connectivity index (χ0) is 19.1. The summed E-state index contributed by atoms with van der Waals surface area (Å²) in [5.74, 6) is -1.57. The van der Waals surface area contributed by atoms with Crippen molar-refractivity contribution in [1.29, 1.82) is 0 Å². The van der Waals surface area contributed by atoms with Crippen molar-refractivity contribution in [2.45, 2.75) is 13.8 Å². The zero-order valence-electron chi connectivity index (χ0n) is 14.5. The van der Waals surface area contributed by atoms with Gasteiger partial charge in [0.1, 0.15) is 0 Å². The second-order valence-electron chi connectivity index (χ2n) is 6.01. The molecule has 0 N–H and O–H groups in total. The Balaban J connectivity index is 1.64. The largest absolute Gasteiger partial charge is 0.365 e. The summed E-state index contributed by atoms with van der Waals surface area (Å²) in [5.41, 5.74) is 1.95. The summed E-state index contributed by atoms with van der Waals surface area (Å²) in [5, 5.41) is 0.501. The fourth-order valence-electron chi connectivity index (χ4n) is 3.11. The standard InChI is InChI=1S/C19H14N4O4/c1-11-9-15(12(2)22(11)16-10-20-7-8-21-16)19(26)27-23-17(24)13-5-3-4-6-14(13)18(23)25/h3-10H,1-2H3. The Labute approximate surface area is 154 Å². The number of nitrogens with zero attached hydrogens (tertiary/aromatic N) is 4. The van der Waals surface area contributed by atoms with Crippen LogP contribution in [0, 0.1) is 13.8 Å². The Morgan fingerprint density at radius 1 is 1.04 bits per heavy atom. The lowest BCUT2D eigenvalue weighted by molar-refractivity contribution is -0.0585. The van der Waals surface area contributed by atoms with Gasteiger partial charge in [-0.2, -0.15) is 0 Å². The Morgan fingerprint density at radius 2 is 1.70 bits per heavy atom. The Kier molecular flexibility index (Phi) is 3.80. The average Bonchev–Trinajstić information content (AvgIpc) is 3.11. The summed E-state index contributed by atoms with van der Waals surface area (Å²) < 4.78 is 1.74. The molecule has 0 aliphatic carbocycles. The third-order valence-electron chi connectivity index (χ3n) is 4.36. The van der Waals surface area contributed by atoms with E-state index >= 15 is 0 Å². The Morgan fingerprint density at radius 3 is 2.30 bits per heavy atom. The molecule has 0 fully saturated rings. The molecule has 3 aromatic rings. The van der Waals surface area contributed by atoms with Crippen molar-refractivity contribution in [3.8, 4) is 5.82 Å². The Bertz CT molecular complexity index is 1050. The SMILES string of the molecule is Cc1cc(C(=O)ON2C(=O)c3ccccc3C2=O)c(C)n1-c1cnccn1. The molecule has 0 saturated carbocycles. The monoisotopic (exact) mass is 362 g/mol. The van der Waals surface area contributed by atoms with Crippen LogP contribution in [0.25, 0.3) is 5.82 Å². The minimum atomic E-state index is -0.798. The number of hydrogen-bond donors (Lipinski definition) is 0. The van der Waals surface area contributed by atoms with Gasteiger partial charge >= 0.3 is 5.97 Å².